The Morgan fingerprint density at radius 3 is 2.68 bits per heavy atom. The van der Waals surface area contributed by atoms with Gasteiger partial charge in [-0.25, -0.2) is 4.68 Å². The van der Waals surface area contributed by atoms with Gasteiger partial charge in [-0.1, -0.05) is 23.2 Å². The van der Waals surface area contributed by atoms with Gasteiger partial charge in [-0.15, -0.1) is 0 Å². The molecule has 1 aromatic carbocycles. The lowest BCUT2D eigenvalue weighted by molar-refractivity contribution is -0.118. The molecule has 0 radical (unpaired) electrons. The van der Waals surface area contributed by atoms with E-state index in [4.69, 9.17) is 27.9 Å². The van der Waals surface area contributed by atoms with Gasteiger partial charge in [0.15, 0.2) is 12.4 Å². The van der Waals surface area contributed by atoms with E-state index in [9.17, 15) is 4.79 Å². The summed E-state index contributed by atoms with van der Waals surface area (Å²) in [5.74, 6) is 1.60. The summed E-state index contributed by atoms with van der Waals surface area (Å²) in [6.45, 7) is 1.74. The first-order chi connectivity index (χ1) is 12.0. The fourth-order valence-electron chi connectivity index (χ4n) is 2.69. The summed E-state index contributed by atoms with van der Waals surface area (Å²) in [6.07, 6.45) is 1.99. The number of ether oxygens (including phenoxy) is 1. The largest absolute Gasteiger partial charge is 0.484 e. The highest BCUT2D eigenvalue weighted by molar-refractivity contribution is 6.34. The van der Waals surface area contributed by atoms with Gasteiger partial charge in [0.2, 0.25) is 5.95 Å². The molecule has 0 saturated carbocycles. The molecule has 2 aromatic rings. The van der Waals surface area contributed by atoms with Gasteiger partial charge in [-0.05, 0) is 44.1 Å². The van der Waals surface area contributed by atoms with Crippen molar-refractivity contribution in [3.05, 3.63) is 34.1 Å². The van der Waals surface area contributed by atoms with E-state index in [0.717, 1.165) is 31.8 Å². The van der Waals surface area contributed by atoms with E-state index in [1.165, 1.54) is 0 Å². The lowest BCUT2D eigenvalue weighted by Gasteiger charge is -2.19. The average Bonchev–Trinajstić information content (AvgIpc) is 2.94. The first kappa shape index (κ1) is 18.0. The number of carbonyl (C=O) groups is 1. The van der Waals surface area contributed by atoms with Crippen LogP contribution in [0.1, 0.15) is 24.6 Å². The summed E-state index contributed by atoms with van der Waals surface area (Å²) < 4.78 is 6.99. The Kier molecular flexibility index (Phi) is 5.78. The topological polar surface area (TPSA) is 81.1 Å². The summed E-state index contributed by atoms with van der Waals surface area (Å²) in [7, 11) is 1.75. The summed E-state index contributed by atoms with van der Waals surface area (Å²) in [6, 6.07) is 4.79. The molecule has 1 saturated heterocycles. The van der Waals surface area contributed by atoms with Crippen molar-refractivity contribution in [2.24, 2.45) is 7.05 Å². The van der Waals surface area contributed by atoms with Gasteiger partial charge >= 0.3 is 0 Å². The van der Waals surface area contributed by atoms with E-state index < -0.39 is 0 Å². The lowest BCUT2D eigenvalue weighted by atomic mass is 9.98. The summed E-state index contributed by atoms with van der Waals surface area (Å²) in [5.41, 5.74) is 0. The van der Waals surface area contributed by atoms with Crippen LogP contribution in [0.15, 0.2) is 18.2 Å². The minimum Gasteiger partial charge on any atom is -0.484 e. The summed E-state index contributed by atoms with van der Waals surface area (Å²) >= 11 is 11.8. The van der Waals surface area contributed by atoms with E-state index >= 15 is 0 Å². The van der Waals surface area contributed by atoms with Gasteiger partial charge in [0, 0.05) is 23.0 Å². The highest BCUT2D eigenvalue weighted by atomic mass is 35.5. The monoisotopic (exact) mass is 383 g/mol. The first-order valence-electron chi connectivity index (χ1n) is 8.01. The predicted octanol–water partition coefficient (Wildman–Crippen LogP) is 2.61. The molecular formula is C16H19Cl2N5O2. The number of nitrogens with zero attached hydrogens (tertiary/aromatic N) is 3. The van der Waals surface area contributed by atoms with Gasteiger partial charge in [0.25, 0.3) is 5.91 Å². The molecule has 1 fully saturated rings. The molecule has 3 rings (SSSR count). The standard InChI is InChI=1S/C16H19Cl2N5O2/c1-23-16(21-15(22-23)10-2-4-19-5-3-10)20-14(24)9-25-13-7-11(17)6-12(18)8-13/h6-8,10,19H,2-5,9H2,1H3,(H,20,21,22,24). The number of nitrogens with one attached hydrogen (secondary N) is 2. The Labute approximate surface area is 155 Å². The second kappa shape index (κ2) is 8.03. The Hall–Kier alpha value is -1.83. The number of halogens is 2. The van der Waals surface area contributed by atoms with E-state index in [1.807, 2.05) is 0 Å². The molecular weight excluding hydrogens is 365 g/mol. The van der Waals surface area contributed by atoms with Crippen molar-refractivity contribution in [1.82, 2.24) is 20.1 Å². The van der Waals surface area contributed by atoms with Gasteiger partial charge < -0.3 is 10.1 Å². The lowest BCUT2D eigenvalue weighted by Crippen LogP contribution is -2.27. The van der Waals surface area contributed by atoms with Crippen molar-refractivity contribution < 1.29 is 9.53 Å². The van der Waals surface area contributed by atoms with Gasteiger partial charge in [0.05, 0.1) is 0 Å². The van der Waals surface area contributed by atoms with Crippen LogP contribution in [0.2, 0.25) is 10.0 Å². The van der Waals surface area contributed by atoms with Crippen molar-refractivity contribution in [2.45, 2.75) is 18.8 Å². The zero-order valence-corrected chi connectivity index (χ0v) is 15.3. The molecule has 1 aliphatic rings. The number of rotatable bonds is 5. The molecule has 0 aliphatic carbocycles. The molecule has 25 heavy (non-hydrogen) atoms. The van der Waals surface area contributed by atoms with Crippen molar-refractivity contribution >= 4 is 35.1 Å². The minimum atomic E-state index is -0.330. The molecule has 0 unspecified atom stereocenters. The van der Waals surface area contributed by atoms with Crippen LogP contribution in [0.5, 0.6) is 5.75 Å². The molecule has 0 bridgehead atoms. The minimum absolute atomic E-state index is 0.174. The normalized spacial score (nSPS) is 15.2. The quantitative estimate of drug-likeness (QED) is 0.829. The average molecular weight is 384 g/mol. The Bertz CT molecular complexity index is 739. The number of hydrogen-bond donors (Lipinski definition) is 2. The van der Waals surface area contributed by atoms with Crippen molar-refractivity contribution in [3.8, 4) is 5.75 Å². The maximum Gasteiger partial charge on any atom is 0.264 e. The van der Waals surface area contributed by atoms with Crippen molar-refractivity contribution in [2.75, 3.05) is 25.0 Å². The molecule has 1 aromatic heterocycles. The number of hydrogen-bond acceptors (Lipinski definition) is 5. The van der Waals surface area contributed by atoms with E-state index in [-0.39, 0.29) is 12.5 Å². The van der Waals surface area contributed by atoms with Crippen LogP contribution in [0.25, 0.3) is 0 Å². The molecule has 0 spiro atoms. The Morgan fingerprint density at radius 2 is 2.00 bits per heavy atom. The molecule has 1 aliphatic heterocycles. The summed E-state index contributed by atoms with van der Waals surface area (Å²) in [4.78, 5) is 16.6. The van der Waals surface area contributed by atoms with Crippen molar-refractivity contribution in [3.63, 3.8) is 0 Å². The Morgan fingerprint density at radius 1 is 1.32 bits per heavy atom. The van der Waals surface area contributed by atoms with Crippen LogP contribution in [-0.2, 0) is 11.8 Å². The maximum absolute atomic E-state index is 12.1. The smallest absolute Gasteiger partial charge is 0.264 e. The predicted molar refractivity (Wildman–Crippen MR) is 96.4 cm³/mol. The SMILES string of the molecule is Cn1nc(C2CCNCC2)nc1NC(=O)COc1cc(Cl)cc(Cl)c1. The second-order valence-corrected chi connectivity index (χ2v) is 6.76. The molecule has 2 N–H and O–H groups in total. The number of carbonyl (C=O) groups excluding carboxylic acids is 1. The molecule has 0 atom stereocenters. The number of anilines is 1. The third-order valence-electron chi connectivity index (χ3n) is 3.94. The zero-order valence-electron chi connectivity index (χ0n) is 13.8. The second-order valence-electron chi connectivity index (χ2n) is 5.88. The van der Waals surface area contributed by atoms with Crippen LogP contribution < -0.4 is 15.4 Å². The van der Waals surface area contributed by atoms with Crippen LogP contribution in [-0.4, -0.2) is 40.4 Å². The van der Waals surface area contributed by atoms with Gasteiger partial charge in [0.1, 0.15) is 5.75 Å². The highest BCUT2D eigenvalue weighted by Crippen LogP contribution is 2.25. The Balaban J connectivity index is 1.58. The number of piperidine rings is 1. The number of aryl methyl sites for hydroxylation is 1. The molecule has 134 valence electrons. The molecule has 2 heterocycles. The number of aromatic nitrogens is 3. The third kappa shape index (κ3) is 4.84. The van der Waals surface area contributed by atoms with E-state index in [1.54, 1.807) is 29.9 Å². The third-order valence-corrected chi connectivity index (χ3v) is 4.38. The van der Waals surface area contributed by atoms with Crippen LogP contribution in [0.4, 0.5) is 5.95 Å². The number of amides is 1. The van der Waals surface area contributed by atoms with Crippen LogP contribution in [0.3, 0.4) is 0 Å². The molecule has 1 amide bonds. The molecule has 7 nitrogen and oxygen atoms in total. The van der Waals surface area contributed by atoms with Crippen LogP contribution >= 0.6 is 23.2 Å². The first-order valence-corrected chi connectivity index (χ1v) is 8.77. The fraction of sp³-hybridized carbons (Fsp3) is 0.438. The van der Waals surface area contributed by atoms with Gasteiger partial charge in [-0.2, -0.15) is 10.1 Å². The summed E-state index contributed by atoms with van der Waals surface area (Å²) in [5, 5.41) is 11.3. The fourth-order valence-corrected chi connectivity index (χ4v) is 3.19. The zero-order chi connectivity index (χ0) is 17.8. The van der Waals surface area contributed by atoms with Crippen LogP contribution in [0, 0.1) is 0 Å². The molecule has 9 heteroatoms. The van der Waals surface area contributed by atoms with Gasteiger partial charge in [-0.3, -0.25) is 10.1 Å². The van der Waals surface area contributed by atoms with Crippen molar-refractivity contribution in [1.29, 1.82) is 0 Å². The van der Waals surface area contributed by atoms with E-state index in [0.29, 0.717) is 27.7 Å². The maximum atomic E-state index is 12.1. The number of benzene rings is 1. The highest BCUT2D eigenvalue weighted by Gasteiger charge is 2.21. The van der Waals surface area contributed by atoms with E-state index in [2.05, 4.69) is 20.7 Å².